The number of nitrogens with one attached hydrogen (secondary N) is 1. The lowest BCUT2D eigenvalue weighted by molar-refractivity contribution is -0.160. The maximum absolute atomic E-state index is 11.7. The summed E-state index contributed by atoms with van der Waals surface area (Å²) in [4.78, 5) is 10.9. The van der Waals surface area contributed by atoms with E-state index in [9.17, 15) is 18.0 Å². The molecule has 1 rings (SSSR count). The molecule has 1 aromatic carbocycles. The molecule has 0 spiro atoms. The molecule has 0 saturated carbocycles. The largest absolute Gasteiger partial charge is 0.440 e. The van der Waals surface area contributed by atoms with Crippen molar-refractivity contribution in [2.24, 2.45) is 0 Å². The second-order valence-corrected chi connectivity index (χ2v) is 3.71. The molecule has 0 aliphatic rings. The Kier molecular flexibility index (Phi) is 5.48. The van der Waals surface area contributed by atoms with Crippen LogP contribution in [0.25, 0.3) is 0 Å². The van der Waals surface area contributed by atoms with Crippen LogP contribution in [0.3, 0.4) is 0 Å². The average Bonchev–Trinajstić information content (AvgIpc) is 2.33. The molecule has 0 fully saturated rings. The van der Waals surface area contributed by atoms with Crippen LogP contribution < -0.4 is 5.32 Å². The maximum Gasteiger partial charge on any atom is 0.422 e. The van der Waals surface area contributed by atoms with E-state index in [2.05, 4.69) is 10.1 Å². The van der Waals surface area contributed by atoms with Gasteiger partial charge in [0.2, 0.25) is 0 Å². The molecule has 0 aliphatic carbocycles. The fourth-order valence-corrected chi connectivity index (χ4v) is 1.33. The van der Waals surface area contributed by atoms with E-state index in [-0.39, 0.29) is 6.54 Å². The first kappa shape index (κ1) is 14.3. The van der Waals surface area contributed by atoms with Crippen LogP contribution in [-0.2, 0) is 11.2 Å². The monoisotopic (exact) mass is 261 g/mol. The molecule has 18 heavy (non-hydrogen) atoms. The Morgan fingerprint density at radius 3 is 2.50 bits per heavy atom. The molecular weight excluding hydrogens is 247 g/mol. The minimum absolute atomic E-state index is 0.283. The van der Waals surface area contributed by atoms with Gasteiger partial charge in [0.05, 0.1) is 0 Å². The molecular formula is C12H14F3NO2. The number of aryl methyl sites for hydroxylation is 1. The van der Waals surface area contributed by atoms with Crippen LogP contribution in [0.15, 0.2) is 30.3 Å². The molecule has 0 heterocycles. The first-order chi connectivity index (χ1) is 8.47. The molecule has 100 valence electrons. The predicted octanol–water partition coefficient (Wildman–Crippen LogP) is 2.91. The first-order valence-corrected chi connectivity index (χ1v) is 5.49. The van der Waals surface area contributed by atoms with Crippen molar-refractivity contribution in [2.75, 3.05) is 13.2 Å². The standard InChI is InChI=1S/C12H14F3NO2/c13-12(14,15)9-18-11(17)16-8-4-7-10-5-2-1-3-6-10/h1-3,5-6H,4,7-9H2,(H,16,17). The highest BCUT2D eigenvalue weighted by Gasteiger charge is 2.29. The average molecular weight is 261 g/mol. The fourth-order valence-electron chi connectivity index (χ4n) is 1.33. The minimum Gasteiger partial charge on any atom is -0.440 e. The van der Waals surface area contributed by atoms with Gasteiger partial charge < -0.3 is 10.1 Å². The zero-order chi connectivity index (χ0) is 13.4. The van der Waals surface area contributed by atoms with Crippen LogP contribution in [0.2, 0.25) is 0 Å². The van der Waals surface area contributed by atoms with Crippen molar-refractivity contribution in [3.05, 3.63) is 35.9 Å². The molecule has 0 aromatic heterocycles. The second-order valence-electron chi connectivity index (χ2n) is 3.71. The zero-order valence-corrected chi connectivity index (χ0v) is 9.67. The number of alkyl carbamates (subject to hydrolysis) is 1. The van der Waals surface area contributed by atoms with Gasteiger partial charge in [0, 0.05) is 6.54 Å². The van der Waals surface area contributed by atoms with E-state index in [1.165, 1.54) is 0 Å². The lowest BCUT2D eigenvalue weighted by atomic mass is 10.1. The van der Waals surface area contributed by atoms with Crippen LogP contribution in [0.5, 0.6) is 0 Å². The molecule has 0 saturated heterocycles. The summed E-state index contributed by atoms with van der Waals surface area (Å²) in [6, 6.07) is 9.60. The first-order valence-electron chi connectivity index (χ1n) is 5.49. The molecule has 1 aromatic rings. The number of rotatable bonds is 5. The Morgan fingerprint density at radius 1 is 1.22 bits per heavy atom. The van der Waals surface area contributed by atoms with E-state index in [0.717, 1.165) is 12.0 Å². The third kappa shape index (κ3) is 6.78. The molecule has 1 amide bonds. The summed E-state index contributed by atoms with van der Waals surface area (Å²) in [6.07, 6.45) is -4.13. The van der Waals surface area contributed by atoms with Crippen molar-refractivity contribution in [1.82, 2.24) is 5.32 Å². The van der Waals surface area contributed by atoms with Gasteiger partial charge in [-0.25, -0.2) is 4.79 Å². The van der Waals surface area contributed by atoms with Crippen molar-refractivity contribution in [3.8, 4) is 0 Å². The smallest absolute Gasteiger partial charge is 0.422 e. The number of hydrogen-bond donors (Lipinski definition) is 1. The van der Waals surface area contributed by atoms with Crippen molar-refractivity contribution in [3.63, 3.8) is 0 Å². The Balaban J connectivity index is 2.09. The van der Waals surface area contributed by atoms with Crippen LogP contribution in [0.4, 0.5) is 18.0 Å². The van der Waals surface area contributed by atoms with E-state index in [0.29, 0.717) is 6.42 Å². The number of carbonyl (C=O) groups is 1. The molecule has 0 bridgehead atoms. The summed E-state index contributed by atoms with van der Waals surface area (Å²) >= 11 is 0. The molecule has 0 aliphatic heterocycles. The molecule has 3 nitrogen and oxygen atoms in total. The number of hydrogen-bond acceptors (Lipinski definition) is 2. The highest BCUT2D eigenvalue weighted by atomic mass is 19.4. The van der Waals surface area contributed by atoms with E-state index in [1.807, 2.05) is 30.3 Å². The maximum atomic E-state index is 11.7. The van der Waals surface area contributed by atoms with Gasteiger partial charge in [-0.05, 0) is 18.4 Å². The number of amides is 1. The van der Waals surface area contributed by atoms with Crippen LogP contribution >= 0.6 is 0 Å². The number of alkyl halides is 3. The summed E-state index contributed by atoms with van der Waals surface area (Å²) in [5.74, 6) is 0. The lowest BCUT2D eigenvalue weighted by Gasteiger charge is -2.08. The van der Waals surface area contributed by atoms with Gasteiger partial charge in [-0.1, -0.05) is 30.3 Å². The Labute approximate surface area is 103 Å². The van der Waals surface area contributed by atoms with Gasteiger partial charge in [0.15, 0.2) is 6.61 Å². The molecule has 6 heteroatoms. The zero-order valence-electron chi connectivity index (χ0n) is 9.67. The van der Waals surface area contributed by atoms with Crippen molar-refractivity contribution in [1.29, 1.82) is 0 Å². The third-order valence-electron chi connectivity index (χ3n) is 2.12. The van der Waals surface area contributed by atoms with E-state index in [1.54, 1.807) is 0 Å². The van der Waals surface area contributed by atoms with E-state index < -0.39 is 18.9 Å². The van der Waals surface area contributed by atoms with E-state index >= 15 is 0 Å². The Bertz CT molecular complexity index is 365. The van der Waals surface area contributed by atoms with Gasteiger partial charge in [-0.15, -0.1) is 0 Å². The van der Waals surface area contributed by atoms with Crippen molar-refractivity contribution in [2.45, 2.75) is 19.0 Å². The third-order valence-corrected chi connectivity index (χ3v) is 2.12. The van der Waals surface area contributed by atoms with Crippen molar-refractivity contribution >= 4 is 6.09 Å². The quantitative estimate of drug-likeness (QED) is 0.828. The SMILES string of the molecule is O=C(NCCCc1ccccc1)OCC(F)(F)F. The van der Waals surface area contributed by atoms with Gasteiger partial charge in [0.25, 0.3) is 0 Å². The van der Waals surface area contributed by atoms with Gasteiger partial charge in [0.1, 0.15) is 0 Å². The second kappa shape index (κ2) is 6.88. The van der Waals surface area contributed by atoms with Crippen molar-refractivity contribution < 1.29 is 22.7 Å². The van der Waals surface area contributed by atoms with Gasteiger partial charge in [-0.3, -0.25) is 0 Å². The number of ether oxygens (including phenoxy) is 1. The van der Waals surface area contributed by atoms with Gasteiger partial charge >= 0.3 is 12.3 Å². The topological polar surface area (TPSA) is 38.3 Å². The summed E-state index contributed by atoms with van der Waals surface area (Å²) in [5, 5.41) is 2.26. The molecule has 0 atom stereocenters. The van der Waals surface area contributed by atoms with Crippen LogP contribution in [0.1, 0.15) is 12.0 Å². The molecule has 0 unspecified atom stereocenters. The minimum atomic E-state index is -4.48. The molecule has 1 N–H and O–H groups in total. The van der Waals surface area contributed by atoms with Crippen LogP contribution in [0, 0.1) is 0 Å². The summed E-state index contributed by atoms with van der Waals surface area (Å²) in [6.45, 7) is -1.27. The summed E-state index contributed by atoms with van der Waals surface area (Å²) in [7, 11) is 0. The number of carbonyl (C=O) groups excluding carboxylic acids is 1. The lowest BCUT2D eigenvalue weighted by Crippen LogP contribution is -2.29. The summed E-state index contributed by atoms with van der Waals surface area (Å²) < 4.78 is 39.1. The highest BCUT2D eigenvalue weighted by Crippen LogP contribution is 2.14. The Hall–Kier alpha value is -1.72. The molecule has 0 radical (unpaired) electrons. The Morgan fingerprint density at radius 2 is 1.89 bits per heavy atom. The number of halogens is 3. The normalized spacial score (nSPS) is 11.1. The predicted molar refractivity (Wildman–Crippen MR) is 60.2 cm³/mol. The summed E-state index contributed by atoms with van der Waals surface area (Å²) in [5.41, 5.74) is 1.11. The number of benzene rings is 1. The highest BCUT2D eigenvalue weighted by molar-refractivity contribution is 5.67. The fraction of sp³-hybridized carbons (Fsp3) is 0.417. The van der Waals surface area contributed by atoms with Gasteiger partial charge in [-0.2, -0.15) is 13.2 Å². The van der Waals surface area contributed by atoms with E-state index in [4.69, 9.17) is 0 Å². The van der Waals surface area contributed by atoms with Crippen LogP contribution in [-0.4, -0.2) is 25.4 Å².